The number of benzene rings is 2. The van der Waals surface area contributed by atoms with Crippen LogP contribution in [0.5, 0.6) is 0 Å². The summed E-state index contributed by atoms with van der Waals surface area (Å²) in [5.41, 5.74) is 1.36. The van der Waals surface area contributed by atoms with Crippen molar-refractivity contribution in [1.82, 2.24) is 4.57 Å². The molecule has 0 aliphatic carbocycles. The Morgan fingerprint density at radius 3 is 2.76 bits per heavy atom. The van der Waals surface area contributed by atoms with Crippen molar-refractivity contribution in [2.24, 2.45) is 0 Å². The summed E-state index contributed by atoms with van der Waals surface area (Å²) in [5.74, 6) is -0.364. The number of halogens is 2. The van der Waals surface area contributed by atoms with Crippen molar-refractivity contribution in [3.05, 3.63) is 75.2 Å². The van der Waals surface area contributed by atoms with Crippen LogP contribution in [0, 0.1) is 15.9 Å². The Hall–Kier alpha value is -2.40. The fraction of sp³-hybridized carbons (Fsp3) is 0.0667. The van der Waals surface area contributed by atoms with Crippen LogP contribution in [0.3, 0.4) is 0 Å². The smallest absolute Gasteiger partial charge is 0.271 e. The maximum Gasteiger partial charge on any atom is 0.271 e. The van der Waals surface area contributed by atoms with Crippen molar-refractivity contribution >= 4 is 28.2 Å². The molecule has 0 aliphatic heterocycles. The first kappa shape index (κ1) is 13.6. The fourth-order valence-corrected chi connectivity index (χ4v) is 2.45. The van der Waals surface area contributed by atoms with E-state index in [9.17, 15) is 14.5 Å². The number of aromatic nitrogens is 1. The van der Waals surface area contributed by atoms with Gasteiger partial charge < -0.3 is 4.57 Å². The van der Waals surface area contributed by atoms with Gasteiger partial charge in [0.25, 0.3) is 5.69 Å². The number of non-ortho nitro benzene ring substituents is 1. The molecule has 6 heteroatoms. The van der Waals surface area contributed by atoms with E-state index in [0.29, 0.717) is 22.6 Å². The summed E-state index contributed by atoms with van der Waals surface area (Å²) in [4.78, 5) is 10.4. The zero-order valence-corrected chi connectivity index (χ0v) is 11.5. The number of hydrogen-bond acceptors (Lipinski definition) is 2. The average Bonchev–Trinajstić information content (AvgIpc) is 2.85. The van der Waals surface area contributed by atoms with E-state index < -0.39 is 4.92 Å². The van der Waals surface area contributed by atoms with Gasteiger partial charge in [0.05, 0.1) is 10.4 Å². The Morgan fingerprint density at radius 1 is 1.19 bits per heavy atom. The topological polar surface area (TPSA) is 48.1 Å². The standard InChI is InChI=1S/C15H10ClFN2O2/c16-14-4-2-12(17)7-11(14)9-18-6-5-10-1-3-13(19(20)21)8-15(10)18/h1-8H,9H2. The number of fused-ring (bicyclic) bond motifs is 1. The van der Waals surface area contributed by atoms with E-state index >= 15 is 0 Å². The molecule has 3 aromatic rings. The number of rotatable bonds is 3. The van der Waals surface area contributed by atoms with E-state index in [2.05, 4.69) is 0 Å². The van der Waals surface area contributed by atoms with Gasteiger partial charge in [0, 0.05) is 35.3 Å². The van der Waals surface area contributed by atoms with Crippen LogP contribution in [0.15, 0.2) is 48.7 Å². The molecule has 0 N–H and O–H groups in total. The molecule has 0 saturated heterocycles. The van der Waals surface area contributed by atoms with Crippen molar-refractivity contribution in [1.29, 1.82) is 0 Å². The van der Waals surface area contributed by atoms with Gasteiger partial charge in [-0.3, -0.25) is 10.1 Å². The zero-order valence-electron chi connectivity index (χ0n) is 10.8. The third-order valence-electron chi connectivity index (χ3n) is 3.32. The van der Waals surface area contributed by atoms with Gasteiger partial charge in [-0.15, -0.1) is 0 Å². The molecular weight excluding hydrogens is 295 g/mol. The van der Waals surface area contributed by atoms with Crippen molar-refractivity contribution in [2.75, 3.05) is 0 Å². The molecule has 0 amide bonds. The Morgan fingerprint density at radius 2 is 2.00 bits per heavy atom. The van der Waals surface area contributed by atoms with Gasteiger partial charge >= 0.3 is 0 Å². The van der Waals surface area contributed by atoms with Gasteiger partial charge in [-0.1, -0.05) is 11.6 Å². The highest BCUT2D eigenvalue weighted by atomic mass is 35.5. The summed E-state index contributed by atoms with van der Waals surface area (Å²) >= 11 is 6.06. The van der Waals surface area contributed by atoms with Gasteiger partial charge in [0.2, 0.25) is 0 Å². The van der Waals surface area contributed by atoms with Crippen LogP contribution in [-0.2, 0) is 6.54 Å². The van der Waals surface area contributed by atoms with Crippen LogP contribution >= 0.6 is 11.6 Å². The summed E-state index contributed by atoms with van der Waals surface area (Å²) < 4.78 is 15.1. The highest BCUT2D eigenvalue weighted by Gasteiger charge is 2.10. The second-order valence-corrected chi connectivity index (χ2v) is 5.09. The van der Waals surface area contributed by atoms with Gasteiger partial charge in [-0.2, -0.15) is 0 Å². The van der Waals surface area contributed by atoms with Crippen molar-refractivity contribution in [3.8, 4) is 0 Å². The first-order valence-corrected chi connectivity index (χ1v) is 6.59. The third kappa shape index (κ3) is 2.60. The third-order valence-corrected chi connectivity index (χ3v) is 3.69. The second kappa shape index (κ2) is 5.18. The predicted octanol–water partition coefficient (Wildman–Crippen LogP) is 4.39. The monoisotopic (exact) mass is 304 g/mol. The predicted molar refractivity (Wildman–Crippen MR) is 79.1 cm³/mol. The van der Waals surface area contributed by atoms with E-state index in [-0.39, 0.29) is 11.5 Å². The maximum atomic E-state index is 13.3. The molecule has 21 heavy (non-hydrogen) atoms. The molecule has 106 valence electrons. The minimum absolute atomic E-state index is 0.0211. The molecule has 0 spiro atoms. The van der Waals surface area contributed by atoms with Gasteiger partial charge in [-0.25, -0.2) is 4.39 Å². The quantitative estimate of drug-likeness (QED) is 0.532. The SMILES string of the molecule is O=[N+]([O-])c1ccc2ccn(Cc3cc(F)ccc3Cl)c2c1. The van der Waals surface area contributed by atoms with E-state index in [1.54, 1.807) is 12.3 Å². The Labute approximate surface area is 124 Å². The van der Waals surface area contributed by atoms with Gasteiger partial charge in [0.15, 0.2) is 0 Å². The largest absolute Gasteiger partial charge is 0.343 e. The lowest BCUT2D eigenvalue weighted by atomic mass is 10.2. The van der Waals surface area contributed by atoms with Crippen molar-refractivity contribution in [3.63, 3.8) is 0 Å². The summed E-state index contributed by atoms with van der Waals surface area (Å²) in [6.45, 7) is 0.348. The Kier molecular flexibility index (Phi) is 3.35. The molecule has 1 heterocycles. The summed E-state index contributed by atoms with van der Waals surface area (Å²) in [5, 5.41) is 12.2. The highest BCUT2D eigenvalue weighted by Crippen LogP contribution is 2.25. The van der Waals surface area contributed by atoms with Crippen molar-refractivity contribution < 1.29 is 9.31 Å². The fourth-order valence-electron chi connectivity index (χ4n) is 2.27. The number of nitro benzene ring substituents is 1. The lowest BCUT2D eigenvalue weighted by Crippen LogP contribution is -1.99. The summed E-state index contributed by atoms with van der Waals surface area (Å²) in [7, 11) is 0. The summed E-state index contributed by atoms with van der Waals surface area (Å²) in [6, 6.07) is 10.7. The molecule has 0 atom stereocenters. The Balaban J connectivity index is 2.06. The minimum Gasteiger partial charge on any atom is -0.343 e. The molecule has 2 aromatic carbocycles. The lowest BCUT2D eigenvalue weighted by molar-refractivity contribution is -0.384. The van der Waals surface area contributed by atoms with Crippen LogP contribution < -0.4 is 0 Å². The molecular formula is C15H10ClFN2O2. The molecule has 0 saturated carbocycles. The molecule has 0 bridgehead atoms. The normalized spacial score (nSPS) is 11.0. The lowest BCUT2D eigenvalue weighted by Gasteiger charge is -2.08. The second-order valence-electron chi connectivity index (χ2n) is 4.68. The molecule has 1 aromatic heterocycles. The minimum atomic E-state index is -0.439. The maximum absolute atomic E-state index is 13.3. The molecule has 3 rings (SSSR count). The summed E-state index contributed by atoms with van der Waals surface area (Å²) in [6.07, 6.45) is 1.80. The van der Waals surface area contributed by atoms with Crippen LogP contribution in [0.4, 0.5) is 10.1 Å². The first-order chi connectivity index (χ1) is 10.0. The number of hydrogen-bond donors (Lipinski definition) is 0. The van der Waals surface area contributed by atoms with Crippen LogP contribution in [0.2, 0.25) is 5.02 Å². The van der Waals surface area contributed by atoms with Crippen LogP contribution in [0.1, 0.15) is 5.56 Å². The van der Waals surface area contributed by atoms with E-state index in [4.69, 9.17) is 11.6 Å². The molecule has 0 unspecified atom stereocenters. The van der Waals surface area contributed by atoms with Gasteiger partial charge in [-0.05, 0) is 35.9 Å². The molecule has 0 fully saturated rings. The molecule has 0 aliphatic rings. The van der Waals surface area contributed by atoms with E-state index in [0.717, 1.165) is 5.39 Å². The van der Waals surface area contributed by atoms with Crippen molar-refractivity contribution in [2.45, 2.75) is 6.54 Å². The number of nitro groups is 1. The first-order valence-electron chi connectivity index (χ1n) is 6.22. The average molecular weight is 305 g/mol. The van der Waals surface area contributed by atoms with Crippen LogP contribution in [-0.4, -0.2) is 9.49 Å². The molecule has 0 radical (unpaired) electrons. The highest BCUT2D eigenvalue weighted by molar-refractivity contribution is 6.31. The van der Waals surface area contributed by atoms with E-state index in [1.807, 2.05) is 10.6 Å². The van der Waals surface area contributed by atoms with Gasteiger partial charge in [0.1, 0.15) is 5.82 Å². The van der Waals surface area contributed by atoms with E-state index in [1.165, 1.54) is 30.3 Å². The number of nitrogens with zero attached hydrogens (tertiary/aromatic N) is 2. The van der Waals surface area contributed by atoms with Crippen LogP contribution in [0.25, 0.3) is 10.9 Å². The molecule has 4 nitrogen and oxygen atoms in total. The Bertz CT molecular complexity index is 845. The zero-order chi connectivity index (χ0) is 15.0.